The third-order valence-electron chi connectivity index (χ3n) is 4.50. The van der Waals surface area contributed by atoms with Gasteiger partial charge in [-0.2, -0.15) is 11.8 Å². The molecule has 0 unspecified atom stereocenters. The third kappa shape index (κ3) is 6.90. The van der Waals surface area contributed by atoms with Crippen molar-refractivity contribution in [3.05, 3.63) is 93.5 Å². The number of halogens is 2. The van der Waals surface area contributed by atoms with Crippen molar-refractivity contribution in [1.82, 2.24) is 5.32 Å². The lowest BCUT2D eigenvalue weighted by molar-refractivity contribution is 0.0956. The van der Waals surface area contributed by atoms with E-state index in [2.05, 4.69) is 10.0 Å². The zero-order valence-corrected chi connectivity index (χ0v) is 20.4. The molecule has 0 radical (unpaired) electrons. The van der Waals surface area contributed by atoms with Gasteiger partial charge in [0.25, 0.3) is 15.9 Å². The summed E-state index contributed by atoms with van der Waals surface area (Å²) in [5.41, 5.74) is 2.65. The standard InChI is InChI=1S/C23H22Cl2N2O3S2/c1-16-5-8-20(9-6-16)32(29,30)27-22-10-7-18(14-21(22)25)23(28)26-11-12-31-15-17-3-2-4-19(24)13-17/h2-10,13-14,27H,11-12,15H2,1H3,(H,26,28). The lowest BCUT2D eigenvalue weighted by Crippen LogP contribution is -2.25. The first-order valence-corrected chi connectivity index (χ1v) is 13.1. The second-order valence-corrected chi connectivity index (χ2v) is 10.7. The van der Waals surface area contributed by atoms with Gasteiger partial charge in [0, 0.05) is 28.6 Å². The molecule has 168 valence electrons. The SMILES string of the molecule is Cc1ccc(S(=O)(=O)Nc2ccc(C(=O)NCCSCc3cccc(Cl)c3)cc2Cl)cc1. The van der Waals surface area contributed by atoms with Crippen molar-refractivity contribution >= 4 is 56.6 Å². The van der Waals surface area contributed by atoms with Gasteiger partial charge >= 0.3 is 0 Å². The van der Waals surface area contributed by atoms with Crippen LogP contribution >= 0.6 is 35.0 Å². The first kappa shape index (κ1) is 24.5. The first-order chi connectivity index (χ1) is 15.2. The van der Waals surface area contributed by atoms with Crippen LogP contribution < -0.4 is 10.0 Å². The van der Waals surface area contributed by atoms with E-state index in [-0.39, 0.29) is 21.5 Å². The van der Waals surface area contributed by atoms with Crippen molar-refractivity contribution in [2.24, 2.45) is 0 Å². The van der Waals surface area contributed by atoms with E-state index >= 15 is 0 Å². The van der Waals surface area contributed by atoms with E-state index in [0.717, 1.165) is 22.6 Å². The molecule has 0 aliphatic rings. The molecule has 0 saturated carbocycles. The smallest absolute Gasteiger partial charge is 0.261 e. The second-order valence-electron chi connectivity index (χ2n) is 7.05. The Bertz CT molecular complexity index is 1200. The molecule has 0 bridgehead atoms. The Kier molecular flexibility index (Phi) is 8.48. The molecule has 0 saturated heterocycles. The van der Waals surface area contributed by atoms with Gasteiger partial charge in [-0.25, -0.2) is 8.42 Å². The Morgan fingerprint density at radius 1 is 1.00 bits per heavy atom. The van der Waals surface area contributed by atoms with Crippen LogP contribution in [0.3, 0.4) is 0 Å². The third-order valence-corrected chi connectivity index (χ3v) is 7.46. The van der Waals surface area contributed by atoms with Gasteiger partial charge in [-0.05, 0) is 55.0 Å². The quantitative estimate of drug-likeness (QED) is 0.360. The minimum absolute atomic E-state index is 0.135. The van der Waals surface area contributed by atoms with Gasteiger partial charge in [0.1, 0.15) is 0 Å². The number of sulfonamides is 1. The summed E-state index contributed by atoms with van der Waals surface area (Å²) in [6, 6.07) is 18.6. The number of benzene rings is 3. The normalized spacial score (nSPS) is 11.2. The summed E-state index contributed by atoms with van der Waals surface area (Å²) in [5, 5.41) is 3.69. The number of amides is 1. The first-order valence-electron chi connectivity index (χ1n) is 9.74. The minimum Gasteiger partial charge on any atom is -0.351 e. The molecule has 0 aromatic heterocycles. The second kappa shape index (κ2) is 11.1. The molecule has 2 N–H and O–H groups in total. The molecule has 32 heavy (non-hydrogen) atoms. The Balaban J connectivity index is 1.52. The highest BCUT2D eigenvalue weighted by atomic mass is 35.5. The maximum atomic E-state index is 12.5. The highest BCUT2D eigenvalue weighted by molar-refractivity contribution is 7.98. The maximum Gasteiger partial charge on any atom is 0.261 e. The van der Waals surface area contributed by atoms with Crippen LogP contribution in [0.1, 0.15) is 21.5 Å². The predicted molar refractivity (Wildman–Crippen MR) is 133 cm³/mol. The number of rotatable bonds is 9. The molecule has 3 rings (SSSR count). The van der Waals surface area contributed by atoms with Crippen molar-refractivity contribution in [3.63, 3.8) is 0 Å². The van der Waals surface area contributed by atoms with Gasteiger partial charge in [-0.3, -0.25) is 9.52 Å². The maximum absolute atomic E-state index is 12.5. The average Bonchev–Trinajstić information content (AvgIpc) is 2.75. The summed E-state index contributed by atoms with van der Waals surface area (Å²) in [6.45, 7) is 2.37. The molecule has 1 amide bonds. The predicted octanol–water partition coefficient (Wildman–Crippen LogP) is 5.77. The molecule has 0 spiro atoms. The van der Waals surface area contributed by atoms with Crippen LogP contribution in [0.4, 0.5) is 5.69 Å². The Labute approximate surface area is 202 Å². The fourth-order valence-electron chi connectivity index (χ4n) is 2.82. The zero-order chi connectivity index (χ0) is 23.1. The summed E-state index contributed by atoms with van der Waals surface area (Å²) in [6.07, 6.45) is 0. The number of hydrogen-bond acceptors (Lipinski definition) is 4. The highest BCUT2D eigenvalue weighted by Crippen LogP contribution is 2.26. The topological polar surface area (TPSA) is 75.3 Å². The van der Waals surface area contributed by atoms with E-state index in [1.54, 1.807) is 23.9 Å². The van der Waals surface area contributed by atoms with Gasteiger partial charge < -0.3 is 5.32 Å². The van der Waals surface area contributed by atoms with Gasteiger partial charge in [0.15, 0.2) is 0 Å². The van der Waals surface area contributed by atoms with Crippen molar-refractivity contribution in [2.75, 3.05) is 17.0 Å². The molecular weight excluding hydrogens is 487 g/mol. The number of anilines is 1. The van der Waals surface area contributed by atoms with Crippen LogP contribution in [0.25, 0.3) is 0 Å². The van der Waals surface area contributed by atoms with Crippen LogP contribution in [-0.2, 0) is 15.8 Å². The molecule has 0 atom stereocenters. The molecule has 9 heteroatoms. The lowest BCUT2D eigenvalue weighted by atomic mass is 10.2. The van der Waals surface area contributed by atoms with E-state index in [4.69, 9.17) is 23.2 Å². The molecular formula is C23H22Cl2N2O3S2. The molecule has 0 fully saturated rings. The average molecular weight is 509 g/mol. The zero-order valence-electron chi connectivity index (χ0n) is 17.3. The lowest BCUT2D eigenvalue weighted by Gasteiger charge is -2.11. The van der Waals surface area contributed by atoms with Crippen LogP contribution in [0.15, 0.2) is 71.6 Å². The molecule has 0 aliphatic heterocycles. The molecule has 3 aromatic carbocycles. The Hall–Kier alpha value is -2.19. The van der Waals surface area contributed by atoms with Crippen molar-refractivity contribution in [3.8, 4) is 0 Å². The molecule has 0 heterocycles. The van der Waals surface area contributed by atoms with Crippen molar-refractivity contribution < 1.29 is 13.2 Å². The summed E-state index contributed by atoms with van der Waals surface area (Å²) in [7, 11) is -3.78. The summed E-state index contributed by atoms with van der Waals surface area (Å²) in [4.78, 5) is 12.5. The van der Waals surface area contributed by atoms with E-state index in [0.29, 0.717) is 17.1 Å². The van der Waals surface area contributed by atoms with Gasteiger partial charge in [0.05, 0.1) is 15.6 Å². The van der Waals surface area contributed by atoms with Crippen molar-refractivity contribution in [1.29, 1.82) is 0 Å². The van der Waals surface area contributed by atoms with E-state index < -0.39 is 10.0 Å². The minimum atomic E-state index is -3.78. The fourth-order valence-corrected chi connectivity index (χ4v) is 5.20. The van der Waals surface area contributed by atoms with Crippen LogP contribution in [0.5, 0.6) is 0 Å². The van der Waals surface area contributed by atoms with E-state index in [1.807, 2.05) is 31.2 Å². The van der Waals surface area contributed by atoms with Crippen LogP contribution in [0, 0.1) is 6.92 Å². The monoisotopic (exact) mass is 508 g/mol. The van der Waals surface area contributed by atoms with Gasteiger partial charge in [0.2, 0.25) is 0 Å². The fraction of sp³-hybridized carbons (Fsp3) is 0.174. The molecule has 3 aromatic rings. The number of nitrogens with one attached hydrogen (secondary N) is 2. The highest BCUT2D eigenvalue weighted by Gasteiger charge is 2.16. The van der Waals surface area contributed by atoms with E-state index in [9.17, 15) is 13.2 Å². The van der Waals surface area contributed by atoms with Gasteiger partial charge in [-0.15, -0.1) is 0 Å². The van der Waals surface area contributed by atoms with Crippen LogP contribution in [0.2, 0.25) is 10.0 Å². The largest absolute Gasteiger partial charge is 0.351 e. The van der Waals surface area contributed by atoms with E-state index in [1.165, 1.54) is 30.3 Å². The summed E-state index contributed by atoms with van der Waals surface area (Å²) in [5.74, 6) is 1.27. The number of carbonyl (C=O) groups is 1. The van der Waals surface area contributed by atoms with Crippen LogP contribution in [-0.4, -0.2) is 26.6 Å². The number of hydrogen-bond donors (Lipinski definition) is 2. The Morgan fingerprint density at radius 3 is 2.44 bits per heavy atom. The number of carbonyl (C=O) groups excluding carboxylic acids is 1. The Morgan fingerprint density at radius 2 is 1.75 bits per heavy atom. The molecule has 0 aliphatic carbocycles. The van der Waals surface area contributed by atoms with Crippen molar-refractivity contribution in [2.45, 2.75) is 17.6 Å². The molecule has 5 nitrogen and oxygen atoms in total. The summed E-state index contributed by atoms with van der Waals surface area (Å²) < 4.78 is 27.6. The summed E-state index contributed by atoms with van der Waals surface area (Å²) >= 11 is 13.9. The number of thioether (sulfide) groups is 1. The number of aryl methyl sites for hydroxylation is 1. The van der Waals surface area contributed by atoms with Gasteiger partial charge in [-0.1, -0.05) is 53.0 Å².